The number of nitro benzene ring substituents is 1. The number of hydrogen-bond acceptors (Lipinski definition) is 6. The number of carbonyl (C=O) groups excluding carboxylic acids is 1. The van der Waals surface area contributed by atoms with E-state index in [9.17, 15) is 14.9 Å². The molecule has 2 aromatic carbocycles. The van der Waals surface area contributed by atoms with E-state index in [1.54, 1.807) is 36.3 Å². The van der Waals surface area contributed by atoms with Gasteiger partial charge in [0.2, 0.25) is 0 Å². The zero-order valence-electron chi connectivity index (χ0n) is 16.6. The van der Waals surface area contributed by atoms with Gasteiger partial charge < -0.3 is 19.7 Å². The molecule has 0 aliphatic carbocycles. The fraction of sp³-hybridized carbons (Fsp3) is 0.381. The Hall–Kier alpha value is -3.13. The van der Waals surface area contributed by atoms with Gasteiger partial charge in [0, 0.05) is 25.2 Å². The van der Waals surface area contributed by atoms with E-state index in [0.717, 1.165) is 19.4 Å². The minimum atomic E-state index is -0.507. The minimum Gasteiger partial charge on any atom is -0.497 e. The summed E-state index contributed by atoms with van der Waals surface area (Å²) >= 11 is 0. The second-order valence-corrected chi connectivity index (χ2v) is 7.01. The first-order chi connectivity index (χ1) is 14.0. The highest BCUT2D eigenvalue weighted by Crippen LogP contribution is 2.31. The van der Waals surface area contributed by atoms with Crippen molar-refractivity contribution >= 4 is 11.6 Å². The van der Waals surface area contributed by atoms with Gasteiger partial charge in [0.25, 0.3) is 11.6 Å². The molecule has 0 atom stereocenters. The van der Waals surface area contributed by atoms with Gasteiger partial charge in [-0.1, -0.05) is 0 Å². The van der Waals surface area contributed by atoms with Crippen molar-refractivity contribution in [2.45, 2.75) is 12.8 Å². The van der Waals surface area contributed by atoms with Crippen molar-refractivity contribution in [3.63, 3.8) is 0 Å². The molecular weight excluding hydrogens is 374 g/mol. The van der Waals surface area contributed by atoms with E-state index in [1.807, 2.05) is 7.05 Å². The topological polar surface area (TPSA) is 93.9 Å². The number of nitrogens with one attached hydrogen (secondary N) is 1. The summed E-state index contributed by atoms with van der Waals surface area (Å²) in [6.45, 7) is 2.16. The Morgan fingerprint density at radius 3 is 2.41 bits per heavy atom. The number of carbonyl (C=O) groups is 1. The van der Waals surface area contributed by atoms with E-state index < -0.39 is 4.92 Å². The summed E-state index contributed by atoms with van der Waals surface area (Å²) < 4.78 is 11.0. The van der Waals surface area contributed by atoms with Gasteiger partial charge in [0.15, 0.2) is 0 Å². The van der Waals surface area contributed by atoms with Gasteiger partial charge >= 0.3 is 0 Å². The van der Waals surface area contributed by atoms with Gasteiger partial charge in [-0.25, -0.2) is 0 Å². The Kier molecular flexibility index (Phi) is 6.66. The lowest BCUT2D eigenvalue weighted by Gasteiger charge is -2.32. The molecule has 0 spiro atoms. The molecule has 1 N–H and O–H groups in total. The molecule has 1 fully saturated rings. The number of likely N-dealkylation sites (tertiary alicyclic amines) is 1. The molecule has 29 heavy (non-hydrogen) atoms. The molecule has 0 radical (unpaired) electrons. The monoisotopic (exact) mass is 399 g/mol. The maximum absolute atomic E-state index is 13.1. The second kappa shape index (κ2) is 9.38. The summed E-state index contributed by atoms with van der Waals surface area (Å²) in [5.41, 5.74) is 0.0579. The number of hydrogen-bond donors (Lipinski definition) is 1. The Morgan fingerprint density at radius 2 is 1.83 bits per heavy atom. The van der Waals surface area contributed by atoms with Crippen molar-refractivity contribution in [1.82, 2.24) is 10.2 Å². The number of non-ortho nitro benzene ring substituents is 1. The van der Waals surface area contributed by atoms with Crippen LogP contribution < -0.4 is 14.8 Å². The van der Waals surface area contributed by atoms with Crippen LogP contribution in [0.3, 0.4) is 0 Å². The van der Waals surface area contributed by atoms with Crippen molar-refractivity contribution in [2.24, 2.45) is 5.92 Å². The van der Waals surface area contributed by atoms with Crippen LogP contribution in [-0.4, -0.2) is 49.5 Å². The lowest BCUT2D eigenvalue weighted by Crippen LogP contribution is -2.40. The highest BCUT2D eigenvalue weighted by Gasteiger charge is 2.27. The number of benzene rings is 2. The summed E-state index contributed by atoms with van der Waals surface area (Å²) in [6.07, 6.45) is 1.80. The van der Waals surface area contributed by atoms with E-state index in [2.05, 4.69) is 5.32 Å². The first kappa shape index (κ1) is 20.6. The molecule has 0 saturated carbocycles. The lowest BCUT2D eigenvalue weighted by atomic mass is 9.96. The molecule has 1 aliphatic rings. The molecule has 0 bridgehead atoms. The Labute approximate surface area is 169 Å². The third-order valence-electron chi connectivity index (χ3n) is 5.09. The molecule has 1 amide bonds. The molecule has 3 rings (SSSR count). The number of ether oxygens (including phenoxy) is 2. The van der Waals surface area contributed by atoms with Gasteiger partial charge in [-0.3, -0.25) is 14.9 Å². The van der Waals surface area contributed by atoms with Gasteiger partial charge in [-0.2, -0.15) is 0 Å². The molecule has 8 nitrogen and oxygen atoms in total. The number of nitro groups is 1. The highest BCUT2D eigenvalue weighted by atomic mass is 16.6. The van der Waals surface area contributed by atoms with E-state index in [0.29, 0.717) is 36.3 Å². The lowest BCUT2D eigenvalue weighted by molar-refractivity contribution is -0.384. The predicted molar refractivity (Wildman–Crippen MR) is 109 cm³/mol. The zero-order chi connectivity index (χ0) is 20.8. The number of rotatable bonds is 7. The van der Waals surface area contributed by atoms with Crippen LogP contribution in [0.5, 0.6) is 17.2 Å². The van der Waals surface area contributed by atoms with Gasteiger partial charge in [-0.15, -0.1) is 0 Å². The zero-order valence-corrected chi connectivity index (χ0v) is 16.6. The molecule has 1 heterocycles. The van der Waals surface area contributed by atoms with E-state index >= 15 is 0 Å². The second-order valence-electron chi connectivity index (χ2n) is 7.01. The summed E-state index contributed by atoms with van der Waals surface area (Å²) in [6, 6.07) is 11.0. The van der Waals surface area contributed by atoms with Crippen LogP contribution in [0.4, 0.5) is 5.69 Å². The van der Waals surface area contributed by atoms with Crippen LogP contribution >= 0.6 is 0 Å². The quantitative estimate of drug-likeness (QED) is 0.566. The van der Waals surface area contributed by atoms with Crippen molar-refractivity contribution in [3.8, 4) is 17.2 Å². The fourth-order valence-electron chi connectivity index (χ4n) is 3.46. The maximum Gasteiger partial charge on any atom is 0.270 e. The number of amides is 1. The number of methoxy groups -OCH3 is 1. The summed E-state index contributed by atoms with van der Waals surface area (Å²) in [5, 5.41) is 14.4. The van der Waals surface area contributed by atoms with Crippen molar-refractivity contribution in [3.05, 3.63) is 58.1 Å². The number of nitrogens with zero attached hydrogens (tertiary/aromatic N) is 2. The fourth-order valence-corrected chi connectivity index (χ4v) is 3.46. The largest absolute Gasteiger partial charge is 0.497 e. The average molecular weight is 399 g/mol. The Bertz CT molecular complexity index is 861. The first-order valence-electron chi connectivity index (χ1n) is 9.56. The Balaban J connectivity index is 1.83. The number of piperidine rings is 1. The molecule has 2 aromatic rings. The van der Waals surface area contributed by atoms with Crippen LogP contribution in [0.25, 0.3) is 0 Å². The Morgan fingerprint density at radius 1 is 1.17 bits per heavy atom. The molecule has 0 aromatic heterocycles. The van der Waals surface area contributed by atoms with E-state index in [1.165, 1.54) is 18.2 Å². The average Bonchev–Trinajstić information content (AvgIpc) is 2.74. The van der Waals surface area contributed by atoms with Crippen molar-refractivity contribution < 1.29 is 19.2 Å². The SMILES string of the molecule is CNCC1CCN(C(=O)c2cc([N+](=O)[O-])ccc2Oc2ccc(OC)cc2)CC1. The van der Waals surface area contributed by atoms with Crippen LogP contribution in [0.2, 0.25) is 0 Å². The van der Waals surface area contributed by atoms with Crippen LogP contribution in [0.1, 0.15) is 23.2 Å². The van der Waals surface area contributed by atoms with E-state index in [4.69, 9.17) is 9.47 Å². The van der Waals surface area contributed by atoms with Crippen molar-refractivity contribution in [1.29, 1.82) is 0 Å². The van der Waals surface area contributed by atoms with E-state index in [-0.39, 0.29) is 17.2 Å². The predicted octanol–water partition coefficient (Wildman–Crippen LogP) is 3.47. The third kappa shape index (κ3) is 5.03. The molecule has 8 heteroatoms. The molecule has 1 saturated heterocycles. The van der Waals surface area contributed by atoms with Crippen LogP contribution in [0, 0.1) is 16.0 Å². The molecular formula is C21H25N3O5. The normalized spacial score (nSPS) is 14.5. The third-order valence-corrected chi connectivity index (χ3v) is 5.09. The molecule has 1 aliphatic heterocycles. The van der Waals surface area contributed by atoms with Crippen LogP contribution in [-0.2, 0) is 0 Å². The summed E-state index contributed by atoms with van der Waals surface area (Å²) in [4.78, 5) is 25.6. The summed E-state index contributed by atoms with van der Waals surface area (Å²) in [5.74, 6) is 1.77. The standard InChI is InChI=1S/C21H25N3O5/c1-22-14-15-9-11-23(12-10-15)21(25)19-13-16(24(26)27)3-8-20(19)29-18-6-4-17(28-2)5-7-18/h3-8,13,15,22H,9-12,14H2,1-2H3. The van der Waals surface area contributed by atoms with Gasteiger partial charge in [-0.05, 0) is 62.7 Å². The highest BCUT2D eigenvalue weighted by molar-refractivity contribution is 5.97. The molecule has 154 valence electrons. The van der Waals surface area contributed by atoms with Gasteiger partial charge in [0.1, 0.15) is 17.2 Å². The van der Waals surface area contributed by atoms with Gasteiger partial charge in [0.05, 0.1) is 17.6 Å². The minimum absolute atomic E-state index is 0.138. The summed E-state index contributed by atoms with van der Waals surface area (Å²) in [7, 11) is 3.49. The first-order valence-corrected chi connectivity index (χ1v) is 9.56. The van der Waals surface area contributed by atoms with Crippen LogP contribution in [0.15, 0.2) is 42.5 Å². The molecule has 0 unspecified atom stereocenters. The maximum atomic E-state index is 13.1. The smallest absolute Gasteiger partial charge is 0.270 e. The van der Waals surface area contributed by atoms with Crippen molar-refractivity contribution in [2.75, 3.05) is 33.8 Å².